The Bertz CT molecular complexity index is 3250. The van der Waals surface area contributed by atoms with Gasteiger partial charge < -0.3 is 45.9 Å². The Morgan fingerprint density at radius 3 is 1.68 bits per heavy atom. The van der Waals surface area contributed by atoms with Gasteiger partial charge in [0, 0.05) is 94.7 Å². The maximum absolute atomic E-state index is 12.9. The van der Waals surface area contributed by atoms with Crippen molar-refractivity contribution in [1.82, 2.24) is 75.7 Å². The molecule has 4 aromatic heterocycles. The minimum atomic E-state index is -2.79. The highest BCUT2D eigenvalue weighted by molar-refractivity contribution is 6.29. The number of nitrogens with zero attached hydrogens (tertiary/aromatic N) is 13. The van der Waals surface area contributed by atoms with Crippen molar-refractivity contribution < 1.29 is 45.1 Å². The summed E-state index contributed by atoms with van der Waals surface area (Å²) in [6.07, 6.45) is 2.15. The molecule has 0 bridgehead atoms. The first-order valence-corrected chi connectivity index (χ1v) is 21.1. The standard InChI is InChI=1S/C22H27N9O3.C16H16ClN7O2.C6H12N2O/c1-13(2)30-9-10-31(22(30)33)17-11-16(18(27-26-17)21(32)23-3)25-15-8-6-7-14(19(15)34-5)20-24-12-29(4)28-20;1-18-16(25)13-11(7-12(17)21-22-13)20-10-6-4-5-9(14(10)26-3)15-19-8-24(2)23-15;1-5(2)8-4-3-7-6(8)9/h6-8,11-13H,9-10H2,1-5H3,(H,23,32)(H,25,26);4-8H,1-3H3,(H,18,25)(H,20,21);5H,3-4H2,1-2H3,(H,7,9)/i3D3,4D3;1D3,2D3;. The van der Waals surface area contributed by atoms with Crippen molar-refractivity contribution in [2.75, 3.05) is 69.9 Å². The predicted molar refractivity (Wildman–Crippen MR) is 258 cm³/mol. The van der Waals surface area contributed by atoms with E-state index in [0.717, 1.165) is 35.1 Å². The number of urea groups is 2. The smallest absolute Gasteiger partial charge is 0.326 e. The molecule has 2 aliphatic heterocycles. The van der Waals surface area contributed by atoms with Gasteiger partial charge in [-0.3, -0.25) is 23.9 Å². The minimum Gasteiger partial charge on any atom is -0.494 e. The van der Waals surface area contributed by atoms with E-state index in [9.17, 15) is 19.2 Å². The summed E-state index contributed by atoms with van der Waals surface area (Å²) in [4.78, 5) is 61.9. The summed E-state index contributed by atoms with van der Waals surface area (Å²) < 4.78 is 101. The Morgan fingerprint density at radius 2 is 1.25 bits per heavy atom. The zero-order valence-electron chi connectivity index (χ0n) is 49.9. The van der Waals surface area contributed by atoms with Gasteiger partial charge >= 0.3 is 12.1 Å². The van der Waals surface area contributed by atoms with Crippen LogP contribution >= 0.6 is 11.6 Å². The highest BCUT2D eigenvalue weighted by Gasteiger charge is 2.33. The van der Waals surface area contributed by atoms with E-state index in [1.54, 1.807) is 41.3 Å². The Balaban J connectivity index is 0.000000229. The van der Waals surface area contributed by atoms with Gasteiger partial charge in [0.2, 0.25) is 0 Å². The number of ether oxygens (including phenoxy) is 2. The molecule has 0 atom stereocenters. The van der Waals surface area contributed by atoms with Crippen LogP contribution < -0.4 is 41.0 Å². The first-order chi connectivity index (χ1) is 37.8. The molecule has 2 aliphatic rings. The Morgan fingerprint density at radius 1 is 0.710 bits per heavy atom. The monoisotopic (exact) mass is 978 g/mol. The van der Waals surface area contributed by atoms with Crippen molar-refractivity contribution in [2.24, 2.45) is 14.0 Å². The lowest BCUT2D eigenvalue weighted by atomic mass is 10.1. The lowest BCUT2D eigenvalue weighted by molar-refractivity contribution is 0.0950. The largest absolute Gasteiger partial charge is 0.494 e. The number of carbonyl (C=O) groups is 4. The van der Waals surface area contributed by atoms with Gasteiger partial charge in [-0.2, -0.15) is 10.2 Å². The lowest BCUT2D eigenvalue weighted by Gasteiger charge is -2.21. The summed E-state index contributed by atoms with van der Waals surface area (Å²) in [6, 6.07) is 12.5. The summed E-state index contributed by atoms with van der Waals surface area (Å²) in [5.74, 6) is -1.28. The number of hydrogen-bond acceptors (Lipinski definition) is 16. The zero-order valence-corrected chi connectivity index (χ0v) is 38.7. The molecule has 8 rings (SSSR count). The van der Waals surface area contributed by atoms with E-state index in [4.69, 9.17) is 37.5 Å². The fraction of sp³-hybridized carbons (Fsp3) is 0.364. The maximum atomic E-state index is 12.9. The van der Waals surface area contributed by atoms with E-state index in [2.05, 4.69) is 56.5 Å². The SMILES string of the molecule is CC(C)N1CCNC1=O.[2H]C([2H])([2H])NC(=O)c1nnc(Cl)cc1Nc1cccc(-c2ncn(C([2H])([2H])[2H])n2)c1OC.[2H]C([2H])([2H])NC(=O)c1nnc(N2CCN(C(C)C)C2=O)cc1Nc1cccc(-c2ncn(C([2H])([2H])[2H])n2)c1OC. The second-order valence-corrected chi connectivity index (χ2v) is 15.5. The zero-order chi connectivity index (χ0) is 59.9. The average molecular weight is 980 g/mol. The van der Waals surface area contributed by atoms with Gasteiger partial charge in [-0.25, -0.2) is 19.6 Å². The third-order valence-corrected chi connectivity index (χ3v) is 10.3. The van der Waals surface area contributed by atoms with Crippen molar-refractivity contribution in [3.05, 3.63) is 77.7 Å². The molecule has 2 aromatic carbocycles. The summed E-state index contributed by atoms with van der Waals surface area (Å²) in [5.41, 5.74) is 0.760. The van der Waals surface area contributed by atoms with Gasteiger partial charge in [0.25, 0.3) is 11.8 Å². The van der Waals surface area contributed by atoms with E-state index < -0.39 is 39.7 Å². The molecule has 25 heteroatoms. The van der Waals surface area contributed by atoms with Crippen LogP contribution in [-0.4, -0.2) is 150 Å². The molecule has 2 fully saturated rings. The molecule has 6 amide bonds. The van der Waals surface area contributed by atoms with E-state index in [1.807, 2.05) is 43.2 Å². The number of methoxy groups -OCH3 is 2. The van der Waals surface area contributed by atoms with Crippen LogP contribution in [0.2, 0.25) is 5.15 Å². The topological polar surface area (TPSA) is 270 Å². The average Bonchev–Trinajstić information content (AvgIpc) is 4.32. The van der Waals surface area contributed by atoms with Crippen LogP contribution in [0.25, 0.3) is 22.8 Å². The second kappa shape index (κ2) is 22.6. The summed E-state index contributed by atoms with van der Waals surface area (Å²) in [6.45, 7) is -0.284. The molecule has 364 valence electrons. The third-order valence-electron chi connectivity index (χ3n) is 10.1. The van der Waals surface area contributed by atoms with Crippen LogP contribution in [0.5, 0.6) is 11.5 Å². The molecule has 0 unspecified atom stereocenters. The third kappa shape index (κ3) is 11.7. The molecule has 0 radical (unpaired) electrons. The number of anilines is 5. The summed E-state index contributed by atoms with van der Waals surface area (Å²) in [7, 11) is 2.76. The molecular weight excluding hydrogens is 912 g/mol. The number of aryl methyl sites for hydroxylation is 2. The molecule has 5 N–H and O–H groups in total. The quantitative estimate of drug-likeness (QED) is 0.107. The van der Waals surface area contributed by atoms with Gasteiger partial charge in [-0.05, 0) is 52.0 Å². The lowest BCUT2D eigenvalue weighted by Crippen LogP contribution is -2.36. The van der Waals surface area contributed by atoms with Crippen molar-refractivity contribution in [3.8, 4) is 34.3 Å². The number of carbonyl (C=O) groups excluding carboxylic acids is 4. The summed E-state index contributed by atoms with van der Waals surface area (Å²) in [5, 5.41) is 35.6. The molecule has 0 saturated carbocycles. The van der Waals surface area contributed by atoms with Crippen LogP contribution in [0.4, 0.5) is 38.2 Å². The van der Waals surface area contributed by atoms with Crippen LogP contribution in [-0.2, 0) is 14.0 Å². The molecule has 2 saturated heterocycles. The number of halogens is 1. The van der Waals surface area contributed by atoms with E-state index in [0.29, 0.717) is 41.6 Å². The summed E-state index contributed by atoms with van der Waals surface area (Å²) >= 11 is 5.90. The second-order valence-electron chi connectivity index (χ2n) is 15.1. The first kappa shape index (κ1) is 36.0. The molecule has 69 heavy (non-hydrogen) atoms. The van der Waals surface area contributed by atoms with Crippen molar-refractivity contribution in [1.29, 1.82) is 0 Å². The Labute approximate surface area is 420 Å². The Hall–Kier alpha value is -8.15. The highest BCUT2D eigenvalue weighted by atomic mass is 35.5. The molecule has 6 aromatic rings. The molecule has 24 nitrogen and oxygen atoms in total. The number of amides is 6. The predicted octanol–water partition coefficient (Wildman–Crippen LogP) is 4.49. The Kier molecular flexibility index (Phi) is 11.8. The van der Waals surface area contributed by atoms with Gasteiger partial charge in [-0.15, -0.1) is 20.4 Å². The number of rotatable bonds is 13. The molecule has 0 aliphatic carbocycles. The van der Waals surface area contributed by atoms with Crippen molar-refractivity contribution >= 4 is 64.0 Å². The number of benzene rings is 2. The fourth-order valence-corrected chi connectivity index (χ4v) is 7.02. The van der Waals surface area contributed by atoms with Crippen molar-refractivity contribution in [2.45, 2.75) is 39.8 Å². The first-order valence-electron chi connectivity index (χ1n) is 26.7. The van der Waals surface area contributed by atoms with Gasteiger partial charge in [-0.1, -0.05) is 23.7 Å². The van der Waals surface area contributed by atoms with E-state index in [-0.39, 0.29) is 75.0 Å². The highest BCUT2D eigenvalue weighted by Crippen LogP contribution is 2.39. The maximum Gasteiger partial charge on any atom is 0.326 e. The van der Waals surface area contributed by atoms with Crippen LogP contribution in [0.1, 0.15) is 65.1 Å². The van der Waals surface area contributed by atoms with E-state index in [1.165, 1.54) is 31.3 Å². The van der Waals surface area contributed by atoms with Gasteiger partial charge in [0.15, 0.2) is 45.5 Å². The van der Waals surface area contributed by atoms with Crippen LogP contribution in [0.3, 0.4) is 0 Å². The van der Waals surface area contributed by atoms with Crippen molar-refractivity contribution in [3.63, 3.8) is 0 Å². The molecule has 6 heterocycles. The van der Waals surface area contributed by atoms with Gasteiger partial charge in [0.05, 0.1) is 48.1 Å². The number of aromatic nitrogens is 10. The molecular formula is C44H55ClN18O6. The number of nitrogens with one attached hydrogen (secondary N) is 5. The number of hydrogen-bond donors (Lipinski definition) is 5. The molecule has 0 spiro atoms. The number of para-hydroxylation sites is 2. The fourth-order valence-electron chi connectivity index (χ4n) is 6.88. The van der Waals surface area contributed by atoms with E-state index >= 15 is 0 Å². The van der Waals surface area contributed by atoms with Crippen LogP contribution in [0.15, 0.2) is 61.2 Å². The van der Waals surface area contributed by atoms with Gasteiger partial charge in [0.1, 0.15) is 12.7 Å². The van der Waals surface area contributed by atoms with Crippen LogP contribution in [0, 0.1) is 0 Å². The minimum absolute atomic E-state index is 0.0400. The normalized spacial score (nSPS) is 16.4.